The number of nitrogens with one attached hydrogen (secondary N) is 1. The number of fused-ring (bicyclic) bond motifs is 2. The number of halogens is 3. The van der Waals surface area contributed by atoms with Gasteiger partial charge in [0.15, 0.2) is 11.6 Å². The van der Waals surface area contributed by atoms with E-state index in [4.69, 9.17) is 33.0 Å². The smallest absolute Gasteiger partial charge is 0.328 e. The van der Waals surface area contributed by atoms with Crippen molar-refractivity contribution in [1.82, 2.24) is 10.2 Å². The van der Waals surface area contributed by atoms with Gasteiger partial charge < -0.3 is 20.1 Å². The highest BCUT2D eigenvalue weighted by Gasteiger charge is 2.44. The van der Waals surface area contributed by atoms with E-state index < -0.39 is 11.8 Å². The van der Waals surface area contributed by atoms with E-state index in [1.54, 1.807) is 24.3 Å². The maximum atomic E-state index is 14.5. The zero-order valence-electron chi connectivity index (χ0n) is 17.6. The monoisotopic (exact) mass is 492 g/mol. The lowest BCUT2D eigenvalue weighted by atomic mass is 10.00. The van der Waals surface area contributed by atoms with Crippen LogP contribution in [0.25, 0.3) is 6.08 Å². The van der Waals surface area contributed by atoms with Crippen LogP contribution in [0.3, 0.4) is 0 Å². The Hall–Kier alpha value is -2.77. The van der Waals surface area contributed by atoms with Gasteiger partial charge in [0.25, 0.3) is 0 Å². The molecule has 6 nitrogen and oxygen atoms in total. The van der Waals surface area contributed by atoms with E-state index in [-0.39, 0.29) is 30.0 Å². The predicted octanol–water partition coefficient (Wildman–Crippen LogP) is 5.51. The molecule has 174 valence electrons. The Balaban J connectivity index is 1.35. The average molecular weight is 493 g/mol. The van der Waals surface area contributed by atoms with Crippen LogP contribution in [-0.2, 0) is 11.3 Å². The number of carbonyl (C=O) groups excluding carboxylic acids is 1. The molecule has 2 aliphatic heterocycles. The lowest BCUT2D eigenvalue weighted by Crippen LogP contribution is -2.52. The standard InChI is InChI=1S/C24H23Cl2FN2O4/c25-16-4-3-15(20(26)10-16)13-28-24(32)29-17-5-6-18(29)12-19(11-17)33-22-7-1-14(9-21(22)27)2-8-23(30)31/h1-4,7-10,17-19H,5-6,11-13H2,(H,28,32)(H,30,31)/b8-2+/t17-,18+,19?. The fourth-order valence-corrected chi connectivity index (χ4v) is 5.02. The van der Waals surface area contributed by atoms with E-state index in [9.17, 15) is 14.0 Å². The molecule has 9 heteroatoms. The molecular formula is C24H23Cl2FN2O4. The molecular weight excluding hydrogens is 470 g/mol. The van der Waals surface area contributed by atoms with Crippen LogP contribution in [-0.4, -0.2) is 40.2 Å². The van der Waals surface area contributed by atoms with Gasteiger partial charge in [0.1, 0.15) is 6.10 Å². The van der Waals surface area contributed by atoms with Crippen LogP contribution >= 0.6 is 23.2 Å². The highest BCUT2D eigenvalue weighted by Crippen LogP contribution is 2.38. The summed E-state index contributed by atoms with van der Waals surface area (Å²) >= 11 is 12.1. The van der Waals surface area contributed by atoms with Gasteiger partial charge in [-0.3, -0.25) is 0 Å². The number of ether oxygens (including phenoxy) is 1. The highest BCUT2D eigenvalue weighted by molar-refractivity contribution is 6.35. The minimum atomic E-state index is -1.10. The van der Waals surface area contributed by atoms with E-state index >= 15 is 0 Å². The maximum absolute atomic E-state index is 14.5. The van der Waals surface area contributed by atoms with Crippen molar-refractivity contribution >= 4 is 41.3 Å². The van der Waals surface area contributed by atoms with Crippen molar-refractivity contribution in [2.75, 3.05) is 0 Å². The van der Waals surface area contributed by atoms with Crippen molar-refractivity contribution in [2.24, 2.45) is 0 Å². The molecule has 2 saturated heterocycles. The van der Waals surface area contributed by atoms with Crippen molar-refractivity contribution in [1.29, 1.82) is 0 Å². The van der Waals surface area contributed by atoms with Gasteiger partial charge in [-0.2, -0.15) is 0 Å². The number of piperidine rings is 1. The van der Waals surface area contributed by atoms with E-state index in [1.165, 1.54) is 18.2 Å². The predicted molar refractivity (Wildman–Crippen MR) is 124 cm³/mol. The number of carboxylic acids is 1. The van der Waals surface area contributed by atoms with Crippen molar-refractivity contribution in [3.63, 3.8) is 0 Å². The maximum Gasteiger partial charge on any atom is 0.328 e. The zero-order valence-corrected chi connectivity index (χ0v) is 19.2. The number of aliphatic carboxylic acids is 1. The highest BCUT2D eigenvalue weighted by atomic mass is 35.5. The summed E-state index contributed by atoms with van der Waals surface area (Å²) in [5.41, 5.74) is 1.23. The molecule has 2 aliphatic rings. The van der Waals surface area contributed by atoms with E-state index in [0.717, 1.165) is 24.5 Å². The summed E-state index contributed by atoms with van der Waals surface area (Å²) in [4.78, 5) is 25.4. The van der Waals surface area contributed by atoms with Crippen LogP contribution in [0.5, 0.6) is 5.75 Å². The first-order chi connectivity index (χ1) is 15.8. The summed E-state index contributed by atoms with van der Waals surface area (Å²) in [6, 6.07) is 9.43. The summed E-state index contributed by atoms with van der Waals surface area (Å²) in [5, 5.41) is 12.7. The molecule has 0 aliphatic carbocycles. The Morgan fingerprint density at radius 2 is 1.88 bits per heavy atom. The molecule has 3 atom stereocenters. The largest absolute Gasteiger partial charge is 0.487 e. The van der Waals surface area contributed by atoms with Crippen LogP contribution in [0.15, 0.2) is 42.5 Å². The van der Waals surface area contributed by atoms with Crippen molar-refractivity contribution in [3.05, 3.63) is 69.5 Å². The lowest BCUT2D eigenvalue weighted by Gasteiger charge is -2.38. The first kappa shape index (κ1) is 23.4. The molecule has 2 aromatic carbocycles. The van der Waals surface area contributed by atoms with Gasteiger partial charge >= 0.3 is 12.0 Å². The lowest BCUT2D eigenvalue weighted by molar-refractivity contribution is -0.131. The third kappa shape index (κ3) is 5.60. The van der Waals surface area contributed by atoms with Gasteiger partial charge in [-0.1, -0.05) is 35.3 Å². The van der Waals surface area contributed by atoms with Crippen molar-refractivity contribution < 1.29 is 23.8 Å². The fourth-order valence-electron chi connectivity index (χ4n) is 4.55. The quantitative estimate of drug-likeness (QED) is 0.520. The molecule has 1 unspecified atom stereocenters. The van der Waals surface area contributed by atoms with Crippen LogP contribution in [0.2, 0.25) is 10.0 Å². The fraction of sp³-hybridized carbons (Fsp3) is 0.333. The molecule has 2 amide bonds. The number of urea groups is 1. The summed E-state index contributed by atoms with van der Waals surface area (Å²) in [6.45, 7) is 0.304. The van der Waals surface area contributed by atoms with Gasteiger partial charge in [-0.25, -0.2) is 14.0 Å². The molecule has 4 rings (SSSR count). The Labute approximate surface area is 200 Å². The number of nitrogens with zero attached hydrogens (tertiary/aromatic N) is 1. The molecule has 2 fully saturated rings. The summed E-state index contributed by atoms with van der Waals surface area (Å²) < 4.78 is 20.4. The molecule has 2 heterocycles. The van der Waals surface area contributed by atoms with Crippen LogP contribution in [0.4, 0.5) is 9.18 Å². The molecule has 2 bridgehead atoms. The minimum Gasteiger partial charge on any atom is -0.487 e. The number of carbonyl (C=O) groups is 2. The number of amides is 2. The first-order valence-corrected chi connectivity index (χ1v) is 11.4. The minimum absolute atomic E-state index is 0.0234. The molecule has 0 spiro atoms. The number of carboxylic acid groups (broad SMARTS) is 1. The van der Waals surface area contributed by atoms with Gasteiger partial charge in [0.2, 0.25) is 0 Å². The molecule has 33 heavy (non-hydrogen) atoms. The van der Waals surface area contributed by atoms with Crippen molar-refractivity contribution in [2.45, 2.75) is 50.4 Å². The second-order valence-corrected chi connectivity index (χ2v) is 9.10. The van der Waals surface area contributed by atoms with Gasteiger partial charge in [0.05, 0.1) is 0 Å². The molecule has 2 N–H and O–H groups in total. The molecule has 2 aromatic rings. The van der Waals surface area contributed by atoms with E-state index in [2.05, 4.69) is 5.32 Å². The molecule has 0 saturated carbocycles. The SMILES string of the molecule is O=C(O)/C=C/c1ccc(OC2C[C@H]3CC[C@@H](C2)N3C(=O)NCc2ccc(Cl)cc2Cl)c(F)c1. The third-order valence-corrected chi connectivity index (χ3v) is 6.62. The van der Waals surface area contributed by atoms with E-state index in [1.807, 2.05) is 4.90 Å². The normalized spacial score (nSPS) is 21.9. The van der Waals surface area contributed by atoms with E-state index in [0.29, 0.717) is 35.0 Å². The second-order valence-electron chi connectivity index (χ2n) is 8.26. The topological polar surface area (TPSA) is 78.9 Å². The molecule has 0 aromatic heterocycles. The Morgan fingerprint density at radius 3 is 2.52 bits per heavy atom. The average Bonchev–Trinajstić information content (AvgIpc) is 3.03. The van der Waals surface area contributed by atoms with Crippen LogP contribution in [0, 0.1) is 5.82 Å². The number of hydrogen-bond donors (Lipinski definition) is 2. The van der Waals surface area contributed by atoms with Gasteiger partial charge in [0, 0.05) is 47.6 Å². The van der Waals surface area contributed by atoms with Crippen molar-refractivity contribution in [3.8, 4) is 5.75 Å². The van der Waals surface area contributed by atoms with Crippen LogP contribution < -0.4 is 10.1 Å². The number of rotatable bonds is 6. The number of hydrogen-bond acceptors (Lipinski definition) is 3. The first-order valence-electron chi connectivity index (χ1n) is 10.7. The zero-order chi connectivity index (χ0) is 23.5. The summed E-state index contributed by atoms with van der Waals surface area (Å²) in [6.07, 6.45) is 5.06. The summed E-state index contributed by atoms with van der Waals surface area (Å²) in [5.74, 6) is -1.52. The van der Waals surface area contributed by atoms with Gasteiger partial charge in [-0.05, 0) is 54.3 Å². The molecule has 0 radical (unpaired) electrons. The van der Waals surface area contributed by atoms with Crippen LogP contribution in [0.1, 0.15) is 36.8 Å². The second kappa shape index (κ2) is 10.0. The summed E-state index contributed by atoms with van der Waals surface area (Å²) in [7, 11) is 0. The third-order valence-electron chi connectivity index (χ3n) is 6.04. The van der Waals surface area contributed by atoms with Gasteiger partial charge in [-0.15, -0.1) is 0 Å². The Kier molecular flexibility index (Phi) is 7.10. The Morgan fingerprint density at radius 1 is 1.15 bits per heavy atom. The Bertz CT molecular complexity index is 1080. The number of benzene rings is 2.